The molecule has 0 aromatic rings. The molecule has 3 atom stereocenters. The lowest BCUT2D eigenvalue weighted by Gasteiger charge is -2.30. The molecule has 0 aromatic heterocycles. The largest absolute Gasteiger partial charge is 0.756 e. The number of nitrogens with one attached hydrogen (secondary N) is 1. The molecule has 91 heavy (non-hydrogen) atoms. The fourth-order valence-corrected chi connectivity index (χ4v) is 13.4. The van der Waals surface area contributed by atoms with Gasteiger partial charge >= 0.3 is 0 Å². The number of phosphoric acid groups is 1. The molecule has 0 saturated carbocycles. The average Bonchev–Trinajstić information content (AvgIpc) is 3.58. The van der Waals surface area contributed by atoms with Gasteiger partial charge in [-0.05, 0) is 51.4 Å². The molecule has 0 aromatic carbocycles. The van der Waals surface area contributed by atoms with Crippen LogP contribution in [0, 0.1) is 0 Å². The summed E-state index contributed by atoms with van der Waals surface area (Å²) in [5.41, 5.74) is 0. The molecule has 0 fully saturated rings. The third kappa shape index (κ3) is 75.7. The monoisotopic (exact) mass is 1300 g/mol. The standard InChI is InChI=1S/C82H159N2O6P/c1-6-8-10-12-14-16-18-20-22-24-26-28-30-32-34-36-38-39-40-41-42-43-44-45-46-48-50-52-54-56-58-60-62-64-66-68-70-72-74-76-82(86)83-80(79-90-91(87,88)89-78-77-84(3,4)5)81(85)75-73-71-69-67-65-63-61-59-57-55-53-51-49-47-37-35-33-31-29-27-25-23-21-19-17-15-13-11-9-7-2/h8,10,14,16,20,22,26,28,80-81,85H,6-7,9,11-13,15,17-19,21,23-25,27,29-79H2,1-5H3,(H-,83,86,87,88)/b10-8-,16-14-,22-20-,28-26-. The first-order chi connectivity index (χ1) is 44.5. The Morgan fingerprint density at radius 1 is 0.396 bits per heavy atom. The summed E-state index contributed by atoms with van der Waals surface area (Å²) in [6, 6.07) is -0.801. The van der Waals surface area contributed by atoms with Crippen LogP contribution in [0.4, 0.5) is 0 Å². The Hall–Kier alpha value is -1.54. The fourth-order valence-electron chi connectivity index (χ4n) is 12.6. The van der Waals surface area contributed by atoms with E-state index >= 15 is 0 Å². The summed E-state index contributed by atoms with van der Waals surface area (Å²) < 4.78 is 23.6. The van der Waals surface area contributed by atoms with Crippen molar-refractivity contribution in [3.05, 3.63) is 48.6 Å². The summed E-state index contributed by atoms with van der Waals surface area (Å²) >= 11 is 0. The molecule has 8 nitrogen and oxygen atoms in total. The van der Waals surface area contributed by atoms with Crippen molar-refractivity contribution in [3.8, 4) is 0 Å². The highest BCUT2D eigenvalue weighted by Crippen LogP contribution is 2.38. The van der Waals surface area contributed by atoms with Crippen LogP contribution in [-0.2, 0) is 18.4 Å². The Bertz CT molecular complexity index is 1630. The van der Waals surface area contributed by atoms with Crippen molar-refractivity contribution in [2.24, 2.45) is 0 Å². The van der Waals surface area contributed by atoms with Crippen molar-refractivity contribution in [2.45, 2.75) is 431 Å². The highest BCUT2D eigenvalue weighted by atomic mass is 31.2. The van der Waals surface area contributed by atoms with Gasteiger partial charge in [-0.2, -0.15) is 0 Å². The van der Waals surface area contributed by atoms with Crippen molar-refractivity contribution in [2.75, 3.05) is 40.9 Å². The number of allylic oxidation sites excluding steroid dienone is 8. The molecule has 3 unspecified atom stereocenters. The predicted molar refractivity (Wildman–Crippen MR) is 399 cm³/mol. The van der Waals surface area contributed by atoms with Gasteiger partial charge in [-0.25, -0.2) is 0 Å². The number of unbranched alkanes of at least 4 members (excludes halogenated alkanes) is 55. The van der Waals surface area contributed by atoms with E-state index in [1.54, 1.807) is 0 Å². The molecule has 538 valence electrons. The zero-order chi connectivity index (χ0) is 66.2. The molecule has 0 bridgehead atoms. The number of hydrogen-bond donors (Lipinski definition) is 2. The maximum atomic E-state index is 13.1. The number of nitrogens with zero attached hydrogens (tertiary/aromatic N) is 1. The van der Waals surface area contributed by atoms with Crippen LogP contribution in [-0.4, -0.2) is 68.5 Å². The summed E-state index contributed by atoms with van der Waals surface area (Å²) in [7, 11) is 1.33. The average molecular weight is 1300 g/mol. The van der Waals surface area contributed by atoms with Crippen molar-refractivity contribution >= 4 is 13.7 Å². The van der Waals surface area contributed by atoms with Crippen LogP contribution < -0.4 is 10.2 Å². The molecule has 9 heteroatoms. The lowest BCUT2D eigenvalue weighted by atomic mass is 10.0. The number of carbonyl (C=O) groups is 1. The number of quaternary nitrogens is 1. The zero-order valence-corrected chi connectivity index (χ0v) is 62.7. The quantitative estimate of drug-likeness (QED) is 0.0272. The molecule has 0 spiro atoms. The molecule has 0 heterocycles. The molecule has 0 saturated heterocycles. The van der Waals surface area contributed by atoms with Gasteiger partial charge in [0.1, 0.15) is 13.2 Å². The van der Waals surface area contributed by atoms with Crippen molar-refractivity contribution in [1.29, 1.82) is 0 Å². The third-order valence-electron chi connectivity index (χ3n) is 18.8. The van der Waals surface area contributed by atoms with Gasteiger partial charge in [0, 0.05) is 6.42 Å². The second-order valence-corrected chi connectivity index (χ2v) is 30.5. The van der Waals surface area contributed by atoms with E-state index in [0.717, 1.165) is 64.2 Å². The molecule has 0 radical (unpaired) electrons. The lowest BCUT2D eigenvalue weighted by Crippen LogP contribution is -2.46. The number of carbonyl (C=O) groups excluding carboxylic acids is 1. The summed E-state index contributed by atoms with van der Waals surface area (Å²) in [6.45, 7) is 4.68. The highest BCUT2D eigenvalue weighted by Gasteiger charge is 2.24. The van der Waals surface area contributed by atoms with Crippen LogP contribution in [0.1, 0.15) is 418 Å². The van der Waals surface area contributed by atoms with E-state index in [9.17, 15) is 19.4 Å². The van der Waals surface area contributed by atoms with E-state index in [1.165, 1.54) is 327 Å². The van der Waals surface area contributed by atoms with Gasteiger partial charge in [0.15, 0.2) is 0 Å². The van der Waals surface area contributed by atoms with Gasteiger partial charge in [-0.15, -0.1) is 0 Å². The summed E-state index contributed by atoms with van der Waals surface area (Å²) in [4.78, 5) is 25.8. The minimum absolute atomic E-state index is 0.0149. The van der Waals surface area contributed by atoms with Crippen LogP contribution in [0.3, 0.4) is 0 Å². The van der Waals surface area contributed by atoms with E-state index in [2.05, 4.69) is 67.8 Å². The first-order valence-corrected chi connectivity index (χ1v) is 41.9. The van der Waals surface area contributed by atoms with Gasteiger partial charge in [0.05, 0.1) is 39.9 Å². The molecular weight excluding hydrogens is 1140 g/mol. The third-order valence-corrected chi connectivity index (χ3v) is 19.8. The number of rotatable bonds is 76. The second-order valence-electron chi connectivity index (χ2n) is 29.1. The fraction of sp³-hybridized carbons (Fsp3) is 0.890. The first kappa shape index (κ1) is 89.5. The normalized spacial score (nSPS) is 13.7. The smallest absolute Gasteiger partial charge is 0.268 e. The van der Waals surface area contributed by atoms with Crippen molar-refractivity contribution in [3.63, 3.8) is 0 Å². The first-order valence-electron chi connectivity index (χ1n) is 40.5. The van der Waals surface area contributed by atoms with Gasteiger partial charge in [-0.1, -0.05) is 409 Å². The number of hydrogen-bond acceptors (Lipinski definition) is 6. The molecule has 2 N–H and O–H groups in total. The van der Waals surface area contributed by atoms with Crippen LogP contribution in [0.25, 0.3) is 0 Å². The van der Waals surface area contributed by atoms with Crippen LogP contribution in [0.5, 0.6) is 0 Å². The number of phosphoric ester groups is 1. The minimum atomic E-state index is -4.58. The SMILES string of the molecule is CC/C=C\C/C=C\C/C=C\C/C=C\CCCCCCCCCCCCCCCCCCCCCCCCCCCCC(=O)NC(COP(=O)([O-])OCC[N+](C)(C)C)C(O)CCCCCCCCCCCCCCCCCCCCCCCCCCCCCCCC. The summed E-state index contributed by atoms with van der Waals surface area (Å²) in [6.07, 6.45) is 99.6. The molecule has 0 rings (SSSR count). The lowest BCUT2D eigenvalue weighted by molar-refractivity contribution is -0.870. The minimum Gasteiger partial charge on any atom is -0.756 e. The Balaban J connectivity index is 3.89. The molecule has 0 aliphatic rings. The summed E-state index contributed by atoms with van der Waals surface area (Å²) in [5.74, 6) is -0.155. The van der Waals surface area contributed by atoms with Crippen LogP contribution in [0.2, 0.25) is 0 Å². The predicted octanol–water partition coefficient (Wildman–Crippen LogP) is 25.9. The Kier molecular flexibility index (Phi) is 71.5. The maximum Gasteiger partial charge on any atom is 0.268 e. The number of aliphatic hydroxyl groups excluding tert-OH is 1. The van der Waals surface area contributed by atoms with Gasteiger partial charge in [0.2, 0.25) is 5.91 Å². The molecular formula is C82H159N2O6P. The number of likely N-dealkylation sites (N-methyl/N-ethyl adjacent to an activating group) is 1. The summed E-state index contributed by atoms with van der Waals surface area (Å²) in [5, 5.41) is 14.2. The van der Waals surface area contributed by atoms with E-state index in [0.29, 0.717) is 23.9 Å². The van der Waals surface area contributed by atoms with Crippen molar-refractivity contribution in [1.82, 2.24) is 5.32 Å². The Labute approximate surface area is 569 Å². The van der Waals surface area contributed by atoms with E-state index in [4.69, 9.17) is 9.05 Å². The highest BCUT2D eigenvalue weighted by molar-refractivity contribution is 7.45. The zero-order valence-electron chi connectivity index (χ0n) is 61.8. The molecule has 0 aliphatic heterocycles. The van der Waals surface area contributed by atoms with Gasteiger partial charge < -0.3 is 28.8 Å². The van der Waals surface area contributed by atoms with E-state index in [1.807, 2.05) is 21.1 Å². The van der Waals surface area contributed by atoms with Crippen molar-refractivity contribution < 1.29 is 32.9 Å². The number of aliphatic hydroxyl groups is 1. The van der Waals surface area contributed by atoms with Crippen LogP contribution in [0.15, 0.2) is 48.6 Å². The van der Waals surface area contributed by atoms with E-state index < -0.39 is 20.0 Å². The maximum absolute atomic E-state index is 13.1. The topological polar surface area (TPSA) is 108 Å². The Morgan fingerprint density at radius 2 is 0.670 bits per heavy atom. The Morgan fingerprint density at radius 3 is 0.978 bits per heavy atom. The molecule has 1 amide bonds. The van der Waals surface area contributed by atoms with Gasteiger partial charge in [0.25, 0.3) is 7.82 Å². The van der Waals surface area contributed by atoms with Gasteiger partial charge in [-0.3, -0.25) is 9.36 Å². The van der Waals surface area contributed by atoms with Crippen LogP contribution >= 0.6 is 7.82 Å². The van der Waals surface area contributed by atoms with E-state index in [-0.39, 0.29) is 19.1 Å². The number of amides is 1. The molecule has 0 aliphatic carbocycles. The second kappa shape index (κ2) is 72.7.